The molecule has 0 aliphatic carbocycles. The highest BCUT2D eigenvalue weighted by molar-refractivity contribution is 6.04. The third-order valence-corrected chi connectivity index (χ3v) is 3.78. The SMILES string of the molecule is Cc1ccc(-c2cc(NC(=O)c3ccc(-c4cnc[nH]4)cc3)n[nH]2)o1. The number of anilines is 1. The van der Waals surface area contributed by atoms with Gasteiger partial charge in [-0.1, -0.05) is 12.1 Å². The molecule has 0 saturated carbocycles. The van der Waals surface area contributed by atoms with E-state index in [0.29, 0.717) is 22.8 Å². The topological polar surface area (TPSA) is 99.6 Å². The number of aromatic amines is 2. The van der Waals surface area contributed by atoms with Crippen LogP contribution < -0.4 is 5.32 Å². The van der Waals surface area contributed by atoms with Gasteiger partial charge in [0, 0.05) is 11.6 Å². The summed E-state index contributed by atoms with van der Waals surface area (Å²) in [6, 6.07) is 12.7. The molecule has 0 fully saturated rings. The van der Waals surface area contributed by atoms with E-state index in [2.05, 4.69) is 25.5 Å². The second-order valence-corrected chi connectivity index (χ2v) is 5.57. The summed E-state index contributed by atoms with van der Waals surface area (Å²) in [5.41, 5.74) is 3.11. The second kappa shape index (κ2) is 6.12. The van der Waals surface area contributed by atoms with E-state index in [1.807, 2.05) is 31.2 Å². The van der Waals surface area contributed by atoms with Gasteiger partial charge in [0.2, 0.25) is 0 Å². The third kappa shape index (κ3) is 3.07. The zero-order valence-electron chi connectivity index (χ0n) is 13.4. The van der Waals surface area contributed by atoms with Gasteiger partial charge in [0.25, 0.3) is 5.91 Å². The molecule has 1 aromatic carbocycles. The van der Waals surface area contributed by atoms with Crippen LogP contribution in [0.15, 0.2) is 59.4 Å². The fraction of sp³-hybridized carbons (Fsp3) is 0.0556. The summed E-state index contributed by atoms with van der Waals surface area (Å²) < 4.78 is 5.53. The lowest BCUT2D eigenvalue weighted by Crippen LogP contribution is -2.11. The van der Waals surface area contributed by atoms with Crippen molar-refractivity contribution in [2.24, 2.45) is 0 Å². The lowest BCUT2D eigenvalue weighted by Gasteiger charge is -2.03. The first-order chi connectivity index (χ1) is 12.2. The van der Waals surface area contributed by atoms with E-state index in [1.54, 1.807) is 30.7 Å². The number of hydrogen-bond acceptors (Lipinski definition) is 4. The molecule has 3 heterocycles. The summed E-state index contributed by atoms with van der Waals surface area (Å²) in [6.45, 7) is 1.87. The number of benzene rings is 1. The predicted molar refractivity (Wildman–Crippen MR) is 93.0 cm³/mol. The summed E-state index contributed by atoms with van der Waals surface area (Å²) in [7, 11) is 0. The van der Waals surface area contributed by atoms with Gasteiger partial charge >= 0.3 is 0 Å². The van der Waals surface area contributed by atoms with Gasteiger partial charge in [-0.3, -0.25) is 9.89 Å². The van der Waals surface area contributed by atoms with E-state index in [4.69, 9.17) is 4.42 Å². The van der Waals surface area contributed by atoms with Crippen LogP contribution in [0.1, 0.15) is 16.1 Å². The molecule has 0 radical (unpaired) electrons. The number of hydrogen-bond donors (Lipinski definition) is 3. The Hall–Kier alpha value is -3.61. The van der Waals surface area contributed by atoms with Crippen molar-refractivity contribution in [2.75, 3.05) is 5.32 Å². The number of imidazole rings is 1. The van der Waals surface area contributed by atoms with Gasteiger partial charge in [0.05, 0.1) is 18.2 Å². The van der Waals surface area contributed by atoms with Gasteiger partial charge < -0.3 is 14.7 Å². The van der Waals surface area contributed by atoms with E-state index in [1.165, 1.54) is 0 Å². The average molecular weight is 333 g/mol. The number of aryl methyl sites for hydroxylation is 1. The average Bonchev–Trinajstić information content (AvgIpc) is 3.36. The van der Waals surface area contributed by atoms with Gasteiger partial charge in [-0.05, 0) is 36.8 Å². The molecule has 0 aliphatic rings. The van der Waals surface area contributed by atoms with Crippen molar-refractivity contribution in [3.8, 4) is 22.7 Å². The Bertz CT molecular complexity index is 996. The van der Waals surface area contributed by atoms with Crippen LogP contribution in [-0.4, -0.2) is 26.1 Å². The Morgan fingerprint density at radius 2 is 1.96 bits per heavy atom. The molecular weight excluding hydrogens is 318 g/mol. The molecule has 0 bridgehead atoms. The largest absolute Gasteiger partial charge is 0.460 e. The minimum Gasteiger partial charge on any atom is -0.460 e. The van der Waals surface area contributed by atoms with Crippen LogP contribution in [0.2, 0.25) is 0 Å². The maximum absolute atomic E-state index is 12.4. The summed E-state index contributed by atoms with van der Waals surface area (Å²) in [6.07, 6.45) is 3.35. The standard InChI is InChI=1S/C18H15N5O2/c1-11-2-7-16(25-11)14-8-17(23-22-14)21-18(24)13-5-3-12(4-6-13)15-9-19-10-20-15/h2-10H,1H3,(H,19,20)(H2,21,22,23,24). The highest BCUT2D eigenvalue weighted by Gasteiger charge is 2.11. The highest BCUT2D eigenvalue weighted by Crippen LogP contribution is 2.22. The van der Waals surface area contributed by atoms with Crippen LogP contribution in [0.4, 0.5) is 5.82 Å². The van der Waals surface area contributed by atoms with Crippen molar-refractivity contribution >= 4 is 11.7 Å². The quantitative estimate of drug-likeness (QED) is 0.531. The fourth-order valence-electron chi connectivity index (χ4n) is 2.49. The minimum absolute atomic E-state index is 0.232. The maximum atomic E-state index is 12.4. The van der Waals surface area contributed by atoms with Gasteiger partial charge in [0.15, 0.2) is 11.6 Å². The Labute approximate surface area is 143 Å². The molecule has 0 atom stereocenters. The summed E-state index contributed by atoms with van der Waals surface area (Å²) in [5, 5.41) is 9.71. The van der Waals surface area contributed by atoms with Crippen LogP contribution in [0.3, 0.4) is 0 Å². The molecule has 3 aromatic heterocycles. The minimum atomic E-state index is -0.232. The van der Waals surface area contributed by atoms with Crippen molar-refractivity contribution in [3.05, 3.63) is 66.3 Å². The number of carbonyl (C=O) groups is 1. The monoisotopic (exact) mass is 333 g/mol. The number of nitrogens with zero attached hydrogens (tertiary/aromatic N) is 2. The van der Waals surface area contributed by atoms with Crippen molar-refractivity contribution in [1.29, 1.82) is 0 Å². The Morgan fingerprint density at radius 3 is 2.64 bits per heavy atom. The van der Waals surface area contributed by atoms with Crippen molar-refractivity contribution in [1.82, 2.24) is 20.2 Å². The second-order valence-electron chi connectivity index (χ2n) is 5.57. The van der Waals surface area contributed by atoms with Crippen molar-refractivity contribution in [2.45, 2.75) is 6.92 Å². The molecule has 4 aromatic rings. The van der Waals surface area contributed by atoms with Crippen molar-refractivity contribution < 1.29 is 9.21 Å². The number of furan rings is 1. The van der Waals surface area contributed by atoms with Gasteiger partial charge in [-0.2, -0.15) is 5.10 Å². The lowest BCUT2D eigenvalue weighted by atomic mass is 10.1. The molecule has 1 amide bonds. The van der Waals surface area contributed by atoms with Crippen LogP contribution in [0.25, 0.3) is 22.7 Å². The Balaban J connectivity index is 1.48. The van der Waals surface area contributed by atoms with E-state index >= 15 is 0 Å². The third-order valence-electron chi connectivity index (χ3n) is 3.78. The Morgan fingerprint density at radius 1 is 1.12 bits per heavy atom. The molecule has 7 heteroatoms. The normalized spacial score (nSPS) is 10.8. The molecule has 25 heavy (non-hydrogen) atoms. The number of aromatic nitrogens is 4. The number of nitrogens with one attached hydrogen (secondary N) is 3. The Kier molecular flexibility index (Phi) is 3.66. The molecular formula is C18H15N5O2. The van der Waals surface area contributed by atoms with Gasteiger partial charge in [-0.15, -0.1) is 0 Å². The van der Waals surface area contributed by atoms with Crippen molar-refractivity contribution in [3.63, 3.8) is 0 Å². The predicted octanol–water partition coefficient (Wildman–Crippen LogP) is 3.62. The molecule has 0 unspecified atom stereocenters. The lowest BCUT2D eigenvalue weighted by molar-refractivity contribution is 0.102. The van der Waals surface area contributed by atoms with Gasteiger partial charge in [0.1, 0.15) is 11.5 Å². The van der Waals surface area contributed by atoms with E-state index in [9.17, 15) is 4.79 Å². The summed E-state index contributed by atoms with van der Waals surface area (Å²) in [4.78, 5) is 19.4. The van der Waals surface area contributed by atoms with E-state index in [-0.39, 0.29) is 5.91 Å². The molecule has 124 valence electrons. The number of rotatable bonds is 4. The smallest absolute Gasteiger partial charge is 0.256 e. The zero-order chi connectivity index (χ0) is 17.2. The maximum Gasteiger partial charge on any atom is 0.256 e. The molecule has 0 spiro atoms. The summed E-state index contributed by atoms with van der Waals surface area (Å²) >= 11 is 0. The van der Waals surface area contributed by atoms with E-state index in [0.717, 1.165) is 17.0 Å². The first kappa shape index (κ1) is 14.9. The highest BCUT2D eigenvalue weighted by atomic mass is 16.3. The van der Waals surface area contributed by atoms with Crippen LogP contribution in [0, 0.1) is 6.92 Å². The molecule has 7 nitrogen and oxygen atoms in total. The van der Waals surface area contributed by atoms with Crippen LogP contribution in [0.5, 0.6) is 0 Å². The zero-order valence-corrected chi connectivity index (χ0v) is 13.4. The molecule has 3 N–H and O–H groups in total. The number of carbonyl (C=O) groups excluding carboxylic acids is 1. The molecule has 0 aliphatic heterocycles. The first-order valence-corrected chi connectivity index (χ1v) is 7.71. The molecule has 0 saturated heterocycles. The number of H-pyrrole nitrogens is 2. The van der Waals surface area contributed by atoms with E-state index < -0.39 is 0 Å². The van der Waals surface area contributed by atoms with Crippen LogP contribution >= 0.6 is 0 Å². The molecule has 4 rings (SSSR count). The number of amides is 1. The fourth-order valence-corrected chi connectivity index (χ4v) is 2.49. The summed E-state index contributed by atoms with van der Waals surface area (Å²) in [5.74, 6) is 1.69. The van der Waals surface area contributed by atoms with Gasteiger partial charge in [-0.25, -0.2) is 4.98 Å². The first-order valence-electron chi connectivity index (χ1n) is 7.71. The van der Waals surface area contributed by atoms with Crippen LogP contribution in [-0.2, 0) is 0 Å².